The van der Waals surface area contributed by atoms with Gasteiger partial charge in [-0.05, 0) is 130 Å². The second-order valence-electron chi connectivity index (χ2n) is 15.4. The topological polar surface area (TPSA) is 17.2 Å². The number of nitrogens with zero attached hydrogens (tertiary/aromatic N) is 2. The highest BCUT2D eigenvalue weighted by Gasteiger charge is 2.60. The normalized spacial score (nSPS) is 14.3. The fraction of sp³-hybridized carbons (Fsp3) is 0.0192. The third-order valence-electron chi connectivity index (χ3n) is 11.7. The van der Waals surface area contributed by atoms with Crippen molar-refractivity contribution in [3.63, 3.8) is 0 Å². The fourth-order valence-corrected chi connectivity index (χ4v) is 8.92. The minimum absolute atomic E-state index is 0.0369. The molecule has 1 aromatic heterocycles. The van der Waals surface area contributed by atoms with Gasteiger partial charge in [-0.1, -0.05) is 72.8 Å². The number of ether oxygens (including phenoxy) is 1. The van der Waals surface area contributed by atoms with Crippen molar-refractivity contribution >= 4 is 29.4 Å². The van der Waals surface area contributed by atoms with Crippen molar-refractivity contribution in [1.82, 2.24) is 4.48 Å². The summed E-state index contributed by atoms with van der Waals surface area (Å²) in [5.41, 5.74) is 2.84. The van der Waals surface area contributed by atoms with Gasteiger partial charge in [-0.2, -0.15) is 0 Å². The van der Waals surface area contributed by atoms with E-state index in [4.69, 9.17) is 4.74 Å². The second-order valence-corrected chi connectivity index (χ2v) is 15.4. The Morgan fingerprint density at radius 1 is 0.375 bits per heavy atom. The number of rotatable bonds is 8. The highest BCUT2D eigenvalue weighted by Crippen LogP contribution is 2.57. The van der Waals surface area contributed by atoms with Crippen molar-refractivity contribution in [2.24, 2.45) is 0 Å². The van der Waals surface area contributed by atoms with E-state index in [-0.39, 0.29) is 61.8 Å². The first-order valence-electron chi connectivity index (χ1n) is 20.1. The number of allylic oxidation sites excluding steroid dienone is 2. The quantitative estimate of drug-likeness (QED) is 0.110. The van der Waals surface area contributed by atoms with Crippen LogP contribution in [-0.2, 0) is 0 Å². The smallest absolute Gasteiger partial charge is 0.497 e. The van der Waals surface area contributed by atoms with Crippen LogP contribution < -0.4 is 4.74 Å². The average molecular weight is 863 g/mol. The molecule has 3 nitrogen and oxygen atoms in total. The molecule has 0 unspecified atom stereocenters. The van der Waals surface area contributed by atoms with Crippen LogP contribution in [0, 0.1) is 34.9 Å². The molecule has 0 aliphatic carbocycles. The third-order valence-corrected chi connectivity index (χ3v) is 11.7. The Kier molecular flexibility index (Phi) is 9.81. The first-order valence-corrected chi connectivity index (χ1v) is 20.1. The molecule has 0 amide bonds. The van der Waals surface area contributed by atoms with E-state index in [0.29, 0.717) is 33.6 Å². The van der Waals surface area contributed by atoms with Crippen molar-refractivity contribution in [3.05, 3.63) is 238 Å². The Balaban J connectivity index is 1.50. The summed E-state index contributed by atoms with van der Waals surface area (Å²) < 4.78 is 135. The van der Waals surface area contributed by atoms with Crippen LogP contribution in [0.5, 0.6) is 5.75 Å². The Labute approximate surface area is 361 Å². The van der Waals surface area contributed by atoms with Crippen molar-refractivity contribution in [1.29, 1.82) is 0 Å². The number of halogens is 8. The summed E-state index contributed by atoms with van der Waals surface area (Å²) in [4.78, 5) is 0. The average Bonchev–Trinajstić information content (AvgIpc) is 3.85. The van der Waals surface area contributed by atoms with Gasteiger partial charge in [-0.15, -0.1) is 0 Å². The SMILES string of the molecule is COc1ccc(C2=C3C(c4ccc(F)cc4)=C(c4ccc(F)cc4)C(c4ccc(F)cc4)=[N+]3[B-](F)(F)n3c2c(-c2ccc(F)cc2)c(-c2ccc(F)cc2)c3-c2ccc(F)cc2)cc1. The molecule has 0 radical (unpaired) electrons. The molecule has 3 heterocycles. The molecule has 7 aromatic carbocycles. The van der Waals surface area contributed by atoms with Crippen molar-refractivity contribution < 1.29 is 44.2 Å². The summed E-state index contributed by atoms with van der Waals surface area (Å²) in [6.07, 6.45) is 0. The highest BCUT2D eigenvalue weighted by atomic mass is 19.2. The number of hydrogen-bond acceptors (Lipinski definition) is 1. The number of aromatic nitrogens is 1. The largest absolute Gasteiger partial charge is 0.738 e. The van der Waals surface area contributed by atoms with Crippen LogP contribution >= 0.6 is 0 Å². The summed E-state index contributed by atoms with van der Waals surface area (Å²) in [7, 11) is 1.48. The molecule has 0 spiro atoms. The number of methoxy groups -OCH3 is 1. The van der Waals surface area contributed by atoms with Gasteiger partial charge in [0.2, 0.25) is 0 Å². The molecule has 0 saturated carbocycles. The van der Waals surface area contributed by atoms with E-state index in [1.54, 1.807) is 24.3 Å². The first-order chi connectivity index (χ1) is 30.9. The molecule has 0 N–H and O–H groups in total. The Morgan fingerprint density at radius 2 is 0.703 bits per heavy atom. The molecule has 2 aliphatic heterocycles. The molecular weight excluding hydrogens is 831 g/mol. The monoisotopic (exact) mass is 862 g/mol. The lowest BCUT2D eigenvalue weighted by Gasteiger charge is -2.35. The maximum atomic E-state index is 19.3. The molecule has 314 valence electrons. The second kappa shape index (κ2) is 15.6. The van der Waals surface area contributed by atoms with E-state index in [0.717, 1.165) is 33.2 Å². The predicted molar refractivity (Wildman–Crippen MR) is 233 cm³/mol. The van der Waals surface area contributed by atoms with Gasteiger partial charge in [-0.3, -0.25) is 0 Å². The van der Waals surface area contributed by atoms with Gasteiger partial charge in [0.15, 0.2) is 11.4 Å². The molecule has 0 bridgehead atoms. The van der Waals surface area contributed by atoms with Gasteiger partial charge in [0, 0.05) is 28.1 Å². The van der Waals surface area contributed by atoms with Crippen molar-refractivity contribution in [2.75, 3.05) is 7.11 Å². The fourth-order valence-electron chi connectivity index (χ4n) is 8.92. The van der Waals surface area contributed by atoms with Crippen molar-refractivity contribution in [2.45, 2.75) is 0 Å². The van der Waals surface area contributed by atoms with E-state index < -0.39 is 41.9 Å². The van der Waals surface area contributed by atoms with Crippen molar-refractivity contribution in [3.8, 4) is 39.3 Å². The lowest BCUT2D eigenvalue weighted by Crippen LogP contribution is -2.52. The summed E-state index contributed by atoms with van der Waals surface area (Å²) in [5, 5.41) is 0. The van der Waals surface area contributed by atoms with Crippen LogP contribution in [0.4, 0.5) is 35.0 Å². The zero-order valence-corrected chi connectivity index (χ0v) is 33.6. The number of fused-ring (bicyclic) bond motifs is 2. The van der Waals surface area contributed by atoms with Crippen LogP contribution in [-0.4, -0.2) is 28.8 Å². The van der Waals surface area contributed by atoms with E-state index in [2.05, 4.69) is 0 Å². The van der Waals surface area contributed by atoms with Crippen LogP contribution in [0.1, 0.15) is 27.9 Å². The van der Waals surface area contributed by atoms with Crippen LogP contribution in [0.15, 0.2) is 176 Å². The lowest BCUT2D eigenvalue weighted by molar-refractivity contribution is -0.358. The summed E-state index contributed by atoms with van der Waals surface area (Å²) >= 11 is 0. The van der Waals surface area contributed by atoms with Gasteiger partial charge in [-0.25, -0.2) is 26.3 Å². The Hall–Kier alpha value is -7.73. The van der Waals surface area contributed by atoms with Crippen LogP contribution in [0.2, 0.25) is 0 Å². The maximum absolute atomic E-state index is 19.3. The van der Waals surface area contributed by atoms with Gasteiger partial charge in [0.25, 0.3) is 0 Å². The Morgan fingerprint density at radius 3 is 1.12 bits per heavy atom. The van der Waals surface area contributed by atoms with E-state index in [1.165, 1.54) is 128 Å². The minimum Gasteiger partial charge on any atom is -0.497 e. The lowest BCUT2D eigenvalue weighted by atomic mass is 9.81. The molecule has 8 aromatic rings. The predicted octanol–water partition coefficient (Wildman–Crippen LogP) is 13.5. The van der Waals surface area contributed by atoms with E-state index in [1.807, 2.05) is 0 Å². The molecule has 0 fully saturated rings. The number of hydrogen-bond donors (Lipinski definition) is 0. The molecule has 64 heavy (non-hydrogen) atoms. The molecule has 2 aliphatic rings. The highest BCUT2D eigenvalue weighted by molar-refractivity contribution is 6.61. The minimum atomic E-state index is -5.16. The standard InChI is InChI=1S/C52H31BF8N2O/c1-64-43-28-14-34(15-29-43)48-51-46(32-6-20-39(56)21-7-32)44(30-2-16-37(54)17-3-30)49(35-10-24-41(58)25-11-35)62(51)53(60,61)63-50(36-12-26-42(59)27-13-36)45(31-4-18-38(55)19-5-31)47(52(48)63)33-8-22-40(57)23-9-33/h2-29H,1H3. The molecular formula is C52H31BF8N2O. The maximum Gasteiger partial charge on any atom is 0.738 e. The Bertz CT molecular complexity index is 3210. The molecule has 10 rings (SSSR count). The zero-order chi connectivity index (χ0) is 44.4. The summed E-state index contributed by atoms with van der Waals surface area (Å²) in [6.45, 7) is -5.16. The van der Waals surface area contributed by atoms with Crippen LogP contribution in [0.25, 0.3) is 50.2 Å². The van der Waals surface area contributed by atoms with Gasteiger partial charge in [0.05, 0.1) is 23.8 Å². The number of benzene rings is 7. The first kappa shape index (κ1) is 40.4. The van der Waals surface area contributed by atoms with E-state index >= 15 is 8.63 Å². The summed E-state index contributed by atoms with van der Waals surface area (Å²) in [6, 6.07) is 38.1. The zero-order valence-electron chi connectivity index (χ0n) is 33.6. The summed E-state index contributed by atoms with van der Waals surface area (Å²) in [5.74, 6) is -3.15. The third kappa shape index (κ3) is 6.64. The van der Waals surface area contributed by atoms with Gasteiger partial charge < -0.3 is 22.3 Å². The van der Waals surface area contributed by atoms with Crippen LogP contribution in [0.3, 0.4) is 0 Å². The van der Waals surface area contributed by atoms with E-state index in [9.17, 15) is 26.3 Å². The molecule has 12 heteroatoms. The molecule has 0 atom stereocenters. The van der Waals surface area contributed by atoms with Gasteiger partial charge >= 0.3 is 6.97 Å². The molecule has 0 saturated heterocycles. The van der Waals surface area contributed by atoms with Gasteiger partial charge in [0.1, 0.15) is 40.7 Å².